The van der Waals surface area contributed by atoms with E-state index in [0.717, 1.165) is 5.56 Å². The second-order valence-corrected chi connectivity index (χ2v) is 5.09. The van der Waals surface area contributed by atoms with E-state index in [9.17, 15) is 10.1 Å². The first-order chi connectivity index (χ1) is 10.6. The molecule has 22 heavy (non-hydrogen) atoms. The van der Waals surface area contributed by atoms with Gasteiger partial charge in [-0.1, -0.05) is 12.7 Å². The summed E-state index contributed by atoms with van der Waals surface area (Å²) in [7, 11) is 0. The van der Waals surface area contributed by atoms with Gasteiger partial charge >= 0.3 is 5.97 Å². The van der Waals surface area contributed by atoms with Crippen molar-refractivity contribution in [3.63, 3.8) is 0 Å². The summed E-state index contributed by atoms with van der Waals surface area (Å²) in [5.74, 6) is -1.01. The number of nitrogens with zero attached hydrogens (tertiary/aromatic N) is 2. The summed E-state index contributed by atoms with van der Waals surface area (Å²) < 4.78 is 5.15. The van der Waals surface area contributed by atoms with Crippen molar-refractivity contribution in [2.75, 3.05) is 6.61 Å². The number of pyridine rings is 1. The zero-order valence-electron chi connectivity index (χ0n) is 12.0. The van der Waals surface area contributed by atoms with Crippen molar-refractivity contribution in [2.24, 2.45) is 0 Å². The third-order valence-corrected chi connectivity index (χ3v) is 3.61. The van der Waals surface area contributed by atoms with Gasteiger partial charge in [-0.15, -0.1) is 12.6 Å². The highest BCUT2D eigenvalue weighted by Crippen LogP contribution is 2.38. The number of thiol groups is 1. The number of allylic oxidation sites excluding steroid dienone is 2. The molecule has 1 aromatic heterocycles. The molecule has 1 aromatic rings. The maximum Gasteiger partial charge on any atom is 0.337 e. The van der Waals surface area contributed by atoms with Crippen molar-refractivity contribution in [3.8, 4) is 6.07 Å². The molecule has 0 spiro atoms. The van der Waals surface area contributed by atoms with Crippen LogP contribution in [0.25, 0.3) is 0 Å². The number of ether oxygens (including phenoxy) is 1. The summed E-state index contributed by atoms with van der Waals surface area (Å²) >= 11 is 4.31. The third kappa shape index (κ3) is 3.05. The van der Waals surface area contributed by atoms with Gasteiger partial charge < -0.3 is 10.1 Å². The van der Waals surface area contributed by atoms with Gasteiger partial charge in [0.15, 0.2) is 0 Å². The summed E-state index contributed by atoms with van der Waals surface area (Å²) in [6.07, 6.45) is 4.73. The molecule has 0 bridgehead atoms. The normalized spacial score (nSPS) is 17.6. The number of hydrogen-bond donors (Lipinski definition) is 2. The Morgan fingerprint density at radius 2 is 2.27 bits per heavy atom. The Morgan fingerprint density at radius 3 is 2.86 bits per heavy atom. The van der Waals surface area contributed by atoms with Gasteiger partial charge in [-0.3, -0.25) is 4.98 Å². The fourth-order valence-electron chi connectivity index (χ4n) is 2.30. The van der Waals surface area contributed by atoms with Crippen LogP contribution in [-0.4, -0.2) is 17.6 Å². The van der Waals surface area contributed by atoms with Crippen LogP contribution in [0.15, 0.2) is 59.1 Å². The number of hydrogen-bond acceptors (Lipinski definition) is 6. The van der Waals surface area contributed by atoms with Crippen molar-refractivity contribution in [3.05, 3.63) is 64.6 Å². The van der Waals surface area contributed by atoms with Crippen LogP contribution in [0.3, 0.4) is 0 Å². The molecule has 0 amide bonds. The second-order valence-electron chi connectivity index (χ2n) is 4.64. The molecule has 0 radical (unpaired) electrons. The zero-order chi connectivity index (χ0) is 16.1. The quantitative estimate of drug-likeness (QED) is 0.507. The largest absolute Gasteiger partial charge is 0.458 e. The lowest BCUT2D eigenvalue weighted by atomic mass is 9.83. The molecule has 0 aromatic carbocycles. The lowest BCUT2D eigenvalue weighted by Crippen LogP contribution is -2.28. The number of aromatic nitrogens is 1. The molecule has 0 fully saturated rings. The minimum Gasteiger partial charge on any atom is -0.458 e. The Kier molecular flexibility index (Phi) is 5.02. The van der Waals surface area contributed by atoms with E-state index < -0.39 is 11.9 Å². The fourth-order valence-corrected chi connectivity index (χ4v) is 2.65. The number of carbonyl (C=O) groups excluding carboxylic acids is 1. The third-order valence-electron chi connectivity index (χ3n) is 3.25. The van der Waals surface area contributed by atoms with Crippen LogP contribution in [0, 0.1) is 11.3 Å². The van der Waals surface area contributed by atoms with Crippen LogP contribution < -0.4 is 5.32 Å². The first-order valence-corrected chi connectivity index (χ1v) is 7.03. The van der Waals surface area contributed by atoms with E-state index in [1.165, 1.54) is 6.08 Å². The van der Waals surface area contributed by atoms with Crippen molar-refractivity contribution >= 4 is 18.6 Å². The van der Waals surface area contributed by atoms with Crippen molar-refractivity contribution in [1.82, 2.24) is 10.3 Å². The first-order valence-electron chi connectivity index (χ1n) is 6.59. The number of dihydropyridines is 1. The SMILES string of the molecule is C=CCOC(=O)C1=C(C)NC(S)=C(C#N)[C@H]1c1ccncc1. The van der Waals surface area contributed by atoms with Crippen LogP contribution in [0.2, 0.25) is 0 Å². The van der Waals surface area contributed by atoms with Crippen LogP contribution in [-0.2, 0) is 9.53 Å². The summed E-state index contributed by atoms with van der Waals surface area (Å²) in [5, 5.41) is 12.8. The van der Waals surface area contributed by atoms with E-state index >= 15 is 0 Å². The number of nitriles is 1. The van der Waals surface area contributed by atoms with E-state index in [4.69, 9.17) is 4.74 Å². The van der Waals surface area contributed by atoms with Gasteiger partial charge in [0.25, 0.3) is 0 Å². The van der Waals surface area contributed by atoms with Crippen molar-refractivity contribution in [1.29, 1.82) is 5.26 Å². The van der Waals surface area contributed by atoms with E-state index in [0.29, 0.717) is 21.9 Å². The molecule has 0 saturated heterocycles. The van der Waals surface area contributed by atoms with Crippen LogP contribution in [0.1, 0.15) is 18.4 Å². The minimum absolute atomic E-state index is 0.109. The molecule has 2 rings (SSSR count). The van der Waals surface area contributed by atoms with Gasteiger partial charge in [0.05, 0.1) is 28.2 Å². The number of esters is 1. The van der Waals surface area contributed by atoms with E-state index in [1.807, 2.05) is 0 Å². The molecule has 5 nitrogen and oxygen atoms in total. The van der Waals surface area contributed by atoms with Gasteiger partial charge in [-0.2, -0.15) is 5.26 Å². The topological polar surface area (TPSA) is 75.0 Å². The highest BCUT2D eigenvalue weighted by atomic mass is 32.1. The van der Waals surface area contributed by atoms with E-state index in [2.05, 4.69) is 35.6 Å². The average molecular weight is 313 g/mol. The van der Waals surface area contributed by atoms with E-state index in [1.54, 1.807) is 31.5 Å². The molecular formula is C16H15N3O2S. The van der Waals surface area contributed by atoms with Crippen molar-refractivity contribution < 1.29 is 9.53 Å². The predicted molar refractivity (Wildman–Crippen MR) is 85.6 cm³/mol. The lowest BCUT2D eigenvalue weighted by Gasteiger charge is -2.27. The van der Waals surface area contributed by atoms with Gasteiger partial charge in [0.1, 0.15) is 6.61 Å². The Morgan fingerprint density at radius 1 is 1.59 bits per heavy atom. The standard InChI is InChI=1S/C16H15N3O2S/c1-3-8-21-16(20)13-10(2)19-15(22)12(9-17)14(13)11-4-6-18-7-5-11/h3-7,14,19,22H,1,8H2,2H3/t14-/m1/s1. The molecule has 2 heterocycles. The molecule has 112 valence electrons. The summed E-state index contributed by atoms with van der Waals surface area (Å²) in [6, 6.07) is 5.65. The van der Waals surface area contributed by atoms with Crippen molar-refractivity contribution in [2.45, 2.75) is 12.8 Å². The Balaban J connectivity index is 2.53. The van der Waals surface area contributed by atoms with Gasteiger partial charge in [0.2, 0.25) is 0 Å². The van der Waals surface area contributed by atoms with Crippen LogP contribution >= 0.6 is 12.6 Å². The van der Waals surface area contributed by atoms with Gasteiger partial charge in [-0.25, -0.2) is 4.79 Å². The zero-order valence-corrected chi connectivity index (χ0v) is 12.9. The molecule has 1 N–H and O–H groups in total. The lowest BCUT2D eigenvalue weighted by molar-refractivity contribution is -0.138. The summed E-state index contributed by atoms with van der Waals surface area (Å²) in [5.41, 5.74) is 2.15. The molecule has 1 aliphatic rings. The highest BCUT2D eigenvalue weighted by molar-refractivity contribution is 7.84. The number of carbonyl (C=O) groups is 1. The Labute approximate surface area is 134 Å². The minimum atomic E-state index is -0.529. The predicted octanol–water partition coefficient (Wildman–Crippen LogP) is 2.44. The maximum absolute atomic E-state index is 12.4. The molecule has 1 aliphatic heterocycles. The molecule has 0 unspecified atom stereocenters. The highest BCUT2D eigenvalue weighted by Gasteiger charge is 2.34. The van der Waals surface area contributed by atoms with Crippen LogP contribution in [0.4, 0.5) is 0 Å². The first kappa shape index (κ1) is 15.9. The summed E-state index contributed by atoms with van der Waals surface area (Å²) in [4.78, 5) is 16.3. The molecular weight excluding hydrogens is 298 g/mol. The second kappa shape index (κ2) is 6.96. The molecule has 0 aliphatic carbocycles. The Bertz CT molecular complexity index is 702. The fraction of sp³-hybridized carbons (Fsp3) is 0.188. The molecule has 6 heteroatoms. The van der Waals surface area contributed by atoms with Crippen LogP contribution in [0.5, 0.6) is 0 Å². The molecule has 1 atom stereocenters. The monoisotopic (exact) mass is 313 g/mol. The summed E-state index contributed by atoms with van der Waals surface area (Å²) in [6.45, 7) is 5.39. The van der Waals surface area contributed by atoms with E-state index in [-0.39, 0.29) is 6.61 Å². The smallest absolute Gasteiger partial charge is 0.337 e. The van der Waals surface area contributed by atoms with Gasteiger partial charge in [-0.05, 0) is 24.6 Å². The maximum atomic E-state index is 12.4. The molecule has 0 saturated carbocycles. The number of rotatable bonds is 4. The Hall–Kier alpha value is -2.52. The average Bonchev–Trinajstić information content (AvgIpc) is 2.52. The van der Waals surface area contributed by atoms with Gasteiger partial charge in [0, 0.05) is 18.1 Å². The number of nitrogens with one attached hydrogen (secondary N) is 1.